The number of nitrogens with zero attached hydrogens (tertiary/aromatic N) is 1. The predicted molar refractivity (Wildman–Crippen MR) is 71.0 cm³/mol. The summed E-state index contributed by atoms with van der Waals surface area (Å²) in [6, 6.07) is -1.12. The lowest BCUT2D eigenvalue weighted by atomic mass is 10.1. The van der Waals surface area contributed by atoms with Crippen LogP contribution in [0.25, 0.3) is 0 Å². The number of hydrogen-bond acceptors (Lipinski definition) is 3. The standard InChI is InChI=1S/C13H24N2O4/c1-9(2)15(6-7-19-3)13(18)14-11(12(16)17)8-10-4-5-10/h9-11H,4-8H2,1-3H3,(H,14,18)(H,16,17)/t11-/m0/s1. The molecule has 1 fully saturated rings. The van der Waals surface area contributed by atoms with E-state index in [0.717, 1.165) is 12.8 Å². The van der Waals surface area contributed by atoms with E-state index in [1.54, 1.807) is 12.0 Å². The van der Waals surface area contributed by atoms with Crippen molar-refractivity contribution in [2.75, 3.05) is 20.3 Å². The van der Waals surface area contributed by atoms with E-state index in [-0.39, 0.29) is 12.1 Å². The van der Waals surface area contributed by atoms with Gasteiger partial charge in [-0.2, -0.15) is 0 Å². The maximum Gasteiger partial charge on any atom is 0.326 e. The van der Waals surface area contributed by atoms with Crippen LogP contribution in [0, 0.1) is 5.92 Å². The van der Waals surface area contributed by atoms with E-state index in [2.05, 4.69) is 5.32 Å². The zero-order valence-electron chi connectivity index (χ0n) is 11.9. The molecule has 0 radical (unpaired) electrons. The molecule has 0 spiro atoms. The third-order valence-electron chi connectivity index (χ3n) is 3.28. The highest BCUT2D eigenvalue weighted by molar-refractivity contribution is 5.82. The van der Waals surface area contributed by atoms with Gasteiger partial charge in [0.1, 0.15) is 6.04 Å². The summed E-state index contributed by atoms with van der Waals surface area (Å²) in [6.45, 7) is 4.68. The summed E-state index contributed by atoms with van der Waals surface area (Å²) in [6.07, 6.45) is 2.66. The van der Waals surface area contributed by atoms with Gasteiger partial charge in [-0.15, -0.1) is 0 Å². The monoisotopic (exact) mass is 272 g/mol. The number of methoxy groups -OCH3 is 1. The number of carbonyl (C=O) groups excluding carboxylic acids is 1. The largest absolute Gasteiger partial charge is 0.480 e. The number of carbonyl (C=O) groups is 2. The van der Waals surface area contributed by atoms with Crippen LogP contribution in [-0.2, 0) is 9.53 Å². The molecule has 0 aromatic heterocycles. The van der Waals surface area contributed by atoms with E-state index < -0.39 is 12.0 Å². The molecular formula is C13H24N2O4. The second kappa shape index (κ2) is 7.33. The normalized spacial score (nSPS) is 16.2. The molecule has 0 aromatic rings. The van der Waals surface area contributed by atoms with Crippen LogP contribution in [0.5, 0.6) is 0 Å². The number of ether oxygens (including phenoxy) is 1. The quantitative estimate of drug-likeness (QED) is 0.698. The number of rotatable bonds is 8. The molecular weight excluding hydrogens is 248 g/mol. The average molecular weight is 272 g/mol. The Morgan fingerprint density at radius 1 is 1.42 bits per heavy atom. The van der Waals surface area contributed by atoms with Crippen LogP contribution in [0.1, 0.15) is 33.1 Å². The van der Waals surface area contributed by atoms with Gasteiger partial charge >= 0.3 is 12.0 Å². The Morgan fingerprint density at radius 3 is 2.47 bits per heavy atom. The summed E-state index contributed by atoms with van der Waals surface area (Å²) in [5.74, 6) is -0.511. The summed E-state index contributed by atoms with van der Waals surface area (Å²) in [5, 5.41) is 11.7. The van der Waals surface area contributed by atoms with Gasteiger partial charge in [0.2, 0.25) is 0 Å². The van der Waals surface area contributed by atoms with Crippen LogP contribution >= 0.6 is 0 Å². The third kappa shape index (κ3) is 5.46. The third-order valence-corrected chi connectivity index (χ3v) is 3.28. The molecule has 0 unspecified atom stereocenters. The van der Waals surface area contributed by atoms with Crippen molar-refractivity contribution >= 4 is 12.0 Å². The van der Waals surface area contributed by atoms with Gasteiger partial charge in [-0.05, 0) is 26.2 Å². The summed E-state index contributed by atoms with van der Waals surface area (Å²) in [7, 11) is 1.57. The smallest absolute Gasteiger partial charge is 0.326 e. The summed E-state index contributed by atoms with van der Waals surface area (Å²) in [4.78, 5) is 24.8. The molecule has 0 aromatic carbocycles. The highest BCUT2D eigenvalue weighted by atomic mass is 16.5. The molecule has 19 heavy (non-hydrogen) atoms. The van der Waals surface area contributed by atoms with E-state index in [0.29, 0.717) is 25.5 Å². The Labute approximate surface area is 114 Å². The van der Waals surface area contributed by atoms with Crippen molar-refractivity contribution in [1.29, 1.82) is 0 Å². The molecule has 1 saturated carbocycles. The van der Waals surface area contributed by atoms with Gasteiger partial charge in [0.15, 0.2) is 0 Å². The first kappa shape index (κ1) is 15.8. The van der Waals surface area contributed by atoms with E-state index >= 15 is 0 Å². The Hall–Kier alpha value is -1.30. The van der Waals surface area contributed by atoms with E-state index in [1.807, 2.05) is 13.8 Å². The number of urea groups is 1. The Bertz CT molecular complexity index is 316. The van der Waals surface area contributed by atoms with Gasteiger partial charge in [-0.25, -0.2) is 9.59 Å². The van der Waals surface area contributed by atoms with Gasteiger partial charge < -0.3 is 20.1 Å². The molecule has 0 saturated heterocycles. The molecule has 0 bridgehead atoms. The number of carboxylic acids is 1. The Kier molecular flexibility index (Phi) is 6.08. The highest BCUT2D eigenvalue weighted by Crippen LogP contribution is 2.33. The fraction of sp³-hybridized carbons (Fsp3) is 0.846. The first-order valence-corrected chi connectivity index (χ1v) is 6.74. The van der Waals surface area contributed by atoms with Crippen molar-refractivity contribution in [2.24, 2.45) is 5.92 Å². The van der Waals surface area contributed by atoms with Crippen LogP contribution in [0.15, 0.2) is 0 Å². The van der Waals surface area contributed by atoms with Gasteiger partial charge in [-0.1, -0.05) is 12.8 Å². The lowest BCUT2D eigenvalue weighted by molar-refractivity contribution is -0.139. The number of hydrogen-bond donors (Lipinski definition) is 2. The molecule has 2 N–H and O–H groups in total. The van der Waals surface area contributed by atoms with Gasteiger partial charge in [0.25, 0.3) is 0 Å². The van der Waals surface area contributed by atoms with Crippen LogP contribution in [0.2, 0.25) is 0 Å². The van der Waals surface area contributed by atoms with Crippen LogP contribution in [0.3, 0.4) is 0 Å². The lowest BCUT2D eigenvalue weighted by Gasteiger charge is -2.28. The second-order valence-corrected chi connectivity index (χ2v) is 5.30. The number of carboxylic acid groups (broad SMARTS) is 1. The zero-order chi connectivity index (χ0) is 14.4. The zero-order valence-corrected chi connectivity index (χ0v) is 11.9. The van der Waals surface area contributed by atoms with Crippen molar-refractivity contribution in [1.82, 2.24) is 10.2 Å². The summed E-state index contributed by atoms with van der Waals surface area (Å²) < 4.78 is 4.96. The Morgan fingerprint density at radius 2 is 2.05 bits per heavy atom. The lowest BCUT2D eigenvalue weighted by Crippen LogP contribution is -2.51. The molecule has 1 rings (SSSR count). The van der Waals surface area contributed by atoms with Gasteiger partial charge in [0, 0.05) is 19.7 Å². The predicted octanol–water partition coefficient (Wildman–Crippen LogP) is 1.31. The van der Waals surface area contributed by atoms with Gasteiger partial charge in [0.05, 0.1) is 6.61 Å². The first-order chi connectivity index (χ1) is 8.95. The second-order valence-electron chi connectivity index (χ2n) is 5.30. The maximum absolute atomic E-state index is 12.1. The first-order valence-electron chi connectivity index (χ1n) is 6.74. The molecule has 110 valence electrons. The van der Waals surface area contributed by atoms with Crippen molar-refractivity contribution in [3.05, 3.63) is 0 Å². The van der Waals surface area contributed by atoms with E-state index in [1.165, 1.54) is 0 Å². The minimum Gasteiger partial charge on any atom is -0.480 e. The van der Waals surface area contributed by atoms with Crippen molar-refractivity contribution < 1.29 is 19.4 Å². The molecule has 2 amide bonds. The van der Waals surface area contributed by atoms with E-state index in [4.69, 9.17) is 9.84 Å². The van der Waals surface area contributed by atoms with Crippen LogP contribution < -0.4 is 5.32 Å². The van der Waals surface area contributed by atoms with E-state index in [9.17, 15) is 9.59 Å². The van der Waals surface area contributed by atoms with Crippen LogP contribution in [0.4, 0.5) is 4.79 Å². The minimum atomic E-state index is -0.962. The summed E-state index contributed by atoms with van der Waals surface area (Å²) >= 11 is 0. The fourth-order valence-electron chi connectivity index (χ4n) is 1.92. The van der Waals surface area contributed by atoms with Crippen molar-refractivity contribution in [2.45, 2.75) is 45.2 Å². The topological polar surface area (TPSA) is 78.9 Å². The molecule has 0 aliphatic heterocycles. The van der Waals surface area contributed by atoms with Crippen molar-refractivity contribution in [3.8, 4) is 0 Å². The molecule has 1 atom stereocenters. The number of amides is 2. The average Bonchev–Trinajstić information content (AvgIpc) is 3.12. The van der Waals surface area contributed by atoms with Crippen LogP contribution in [-0.4, -0.2) is 54.4 Å². The SMILES string of the molecule is COCCN(C(=O)N[C@@H](CC1CC1)C(=O)O)C(C)C. The molecule has 1 aliphatic rings. The molecule has 1 aliphatic carbocycles. The molecule has 0 heterocycles. The number of nitrogens with one attached hydrogen (secondary N) is 1. The van der Waals surface area contributed by atoms with Crippen molar-refractivity contribution in [3.63, 3.8) is 0 Å². The van der Waals surface area contributed by atoms with Gasteiger partial charge in [-0.3, -0.25) is 0 Å². The maximum atomic E-state index is 12.1. The summed E-state index contributed by atoms with van der Waals surface area (Å²) in [5.41, 5.74) is 0. The molecule has 6 nitrogen and oxygen atoms in total. The minimum absolute atomic E-state index is 0.00511. The highest BCUT2D eigenvalue weighted by Gasteiger charge is 2.31. The fourth-order valence-corrected chi connectivity index (χ4v) is 1.92. The Balaban J connectivity index is 2.53. The number of aliphatic carboxylic acids is 1. The molecule has 6 heteroatoms.